The van der Waals surface area contributed by atoms with E-state index in [1.807, 2.05) is 50.4 Å². The highest BCUT2D eigenvalue weighted by Gasteiger charge is 2.14. The van der Waals surface area contributed by atoms with Crippen LogP contribution >= 0.6 is 11.6 Å². The number of rotatable bonds is 3. The minimum absolute atomic E-state index is 0.331. The van der Waals surface area contributed by atoms with Crippen molar-refractivity contribution in [3.63, 3.8) is 0 Å². The molecule has 0 fully saturated rings. The van der Waals surface area contributed by atoms with Crippen molar-refractivity contribution in [3.8, 4) is 11.1 Å². The summed E-state index contributed by atoms with van der Waals surface area (Å²) < 4.78 is 1.72. The number of nitrogen functional groups attached to an aromatic ring is 1. The first-order valence-electron chi connectivity index (χ1n) is 8.95. The van der Waals surface area contributed by atoms with E-state index in [1.165, 1.54) is 6.33 Å². The van der Waals surface area contributed by atoms with Gasteiger partial charge >= 0.3 is 6.03 Å². The van der Waals surface area contributed by atoms with E-state index in [1.54, 1.807) is 16.6 Å². The Morgan fingerprint density at radius 3 is 2.45 bits per heavy atom. The van der Waals surface area contributed by atoms with Crippen LogP contribution < -0.4 is 16.4 Å². The van der Waals surface area contributed by atoms with Gasteiger partial charge in [0.15, 0.2) is 5.82 Å². The van der Waals surface area contributed by atoms with Crippen molar-refractivity contribution >= 4 is 40.3 Å². The van der Waals surface area contributed by atoms with Gasteiger partial charge in [-0.25, -0.2) is 14.3 Å². The van der Waals surface area contributed by atoms with Crippen LogP contribution in [-0.4, -0.2) is 20.6 Å². The quantitative estimate of drug-likeness (QED) is 0.451. The van der Waals surface area contributed by atoms with Gasteiger partial charge in [0, 0.05) is 28.2 Å². The normalized spacial score (nSPS) is 10.9. The molecular weight excluding hydrogens is 388 g/mol. The van der Waals surface area contributed by atoms with Crippen molar-refractivity contribution in [2.24, 2.45) is 0 Å². The Morgan fingerprint density at radius 2 is 1.72 bits per heavy atom. The zero-order valence-electron chi connectivity index (χ0n) is 15.9. The molecule has 0 radical (unpaired) electrons. The summed E-state index contributed by atoms with van der Waals surface area (Å²) in [6.45, 7) is 3.88. The third kappa shape index (κ3) is 3.72. The van der Waals surface area contributed by atoms with Crippen LogP contribution in [0, 0.1) is 13.8 Å². The van der Waals surface area contributed by atoms with Crippen molar-refractivity contribution in [1.82, 2.24) is 14.6 Å². The second-order valence-corrected chi connectivity index (χ2v) is 7.15. The van der Waals surface area contributed by atoms with E-state index in [0.717, 1.165) is 27.8 Å². The van der Waals surface area contributed by atoms with Crippen LogP contribution in [0.2, 0.25) is 5.02 Å². The zero-order chi connectivity index (χ0) is 20.5. The van der Waals surface area contributed by atoms with E-state index < -0.39 is 0 Å². The fourth-order valence-electron chi connectivity index (χ4n) is 3.26. The van der Waals surface area contributed by atoms with E-state index in [-0.39, 0.29) is 6.03 Å². The molecule has 0 bridgehead atoms. The van der Waals surface area contributed by atoms with Gasteiger partial charge in [0.1, 0.15) is 11.8 Å². The Bertz CT molecular complexity index is 1220. The van der Waals surface area contributed by atoms with Crippen LogP contribution in [0.15, 0.2) is 55.0 Å². The van der Waals surface area contributed by atoms with Crippen molar-refractivity contribution in [2.75, 3.05) is 16.4 Å². The van der Waals surface area contributed by atoms with Gasteiger partial charge in [-0.2, -0.15) is 5.10 Å². The standard InChI is InChI=1S/C21H19ClN6O/c1-12-9-16(7-8-17(12)22)27-21(29)26-15-5-3-14(4-6-15)18-13(2)10-28-19(18)20(23)24-11-25-28/h3-11H,1-2H3,(H2,23,24,25)(H2,26,27,29). The van der Waals surface area contributed by atoms with Gasteiger partial charge in [-0.15, -0.1) is 0 Å². The molecule has 4 rings (SSSR count). The van der Waals surface area contributed by atoms with E-state index in [0.29, 0.717) is 22.2 Å². The summed E-state index contributed by atoms with van der Waals surface area (Å²) in [5, 5.41) is 10.5. The molecule has 146 valence electrons. The van der Waals surface area contributed by atoms with Crippen LogP contribution in [0.1, 0.15) is 11.1 Å². The number of aromatic nitrogens is 3. The Hall–Kier alpha value is -3.58. The van der Waals surface area contributed by atoms with Gasteiger partial charge in [-0.1, -0.05) is 23.7 Å². The molecule has 29 heavy (non-hydrogen) atoms. The molecule has 0 saturated heterocycles. The molecule has 0 unspecified atom stereocenters. The van der Waals surface area contributed by atoms with Gasteiger partial charge < -0.3 is 16.4 Å². The smallest absolute Gasteiger partial charge is 0.323 e. The van der Waals surface area contributed by atoms with E-state index in [9.17, 15) is 4.79 Å². The van der Waals surface area contributed by atoms with Crippen LogP contribution in [0.3, 0.4) is 0 Å². The maximum atomic E-state index is 12.3. The summed E-state index contributed by atoms with van der Waals surface area (Å²) in [4.78, 5) is 16.4. The number of benzene rings is 2. The number of fused-ring (bicyclic) bond motifs is 1. The SMILES string of the molecule is Cc1cc(NC(=O)Nc2ccc(-c3c(C)cn4ncnc(N)c34)cc2)ccc1Cl. The number of amides is 2. The predicted molar refractivity (Wildman–Crippen MR) is 116 cm³/mol. The highest BCUT2D eigenvalue weighted by molar-refractivity contribution is 6.31. The molecule has 2 aromatic heterocycles. The highest BCUT2D eigenvalue weighted by atomic mass is 35.5. The van der Waals surface area contributed by atoms with Crippen molar-refractivity contribution in [1.29, 1.82) is 0 Å². The molecule has 0 aliphatic rings. The van der Waals surface area contributed by atoms with E-state index in [2.05, 4.69) is 20.7 Å². The minimum Gasteiger partial charge on any atom is -0.382 e. The Labute approximate surface area is 172 Å². The number of halogens is 1. The average Bonchev–Trinajstić information content (AvgIpc) is 3.02. The second kappa shape index (κ2) is 7.44. The third-order valence-corrected chi connectivity index (χ3v) is 5.06. The largest absolute Gasteiger partial charge is 0.382 e. The summed E-state index contributed by atoms with van der Waals surface area (Å²) in [5.41, 5.74) is 12.0. The highest BCUT2D eigenvalue weighted by Crippen LogP contribution is 2.32. The Morgan fingerprint density at radius 1 is 1.03 bits per heavy atom. The average molecular weight is 407 g/mol. The first kappa shape index (κ1) is 18.8. The second-order valence-electron chi connectivity index (χ2n) is 6.75. The number of nitrogens with two attached hydrogens (primary N) is 1. The first-order valence-corrected chi connectivity index (χ1v) is 9.33. The number of hydrogen-bond acceptors (Lipinski definition) is 4. The van der Waals surface area contributed by atoms with Gasteiger partial charge in [0.2, 0.25) is 0 Å². The lowest BCUT2D eigenvalue weighted by atomic mass is 10.0. The number of anilines is 3. The van der Waals surface area contributed by atoms with Crippen molar-refractivity contribution < 1.29 is 4.79 Å². The summed E-state index contributed by atoms with van der Waals surface area (Å²) in [7, 11) is 0. The number of urea groups is 1. The van der Waals surface area contributed by atoms with Crippen LogP contribution in [-0.2, 0) is 0 Å². The molecule has 2 heterocycles. The molecule has 4 N–H and O–H groups in total. The van der Waals surface area contributed by atoms with E-state index >= 15 is 0 Å². The van der Waals surface area contributed by atoms with Gasteiger partial charge in [0.05, 0.1) is 0 Å². The summed E-state index contributed by atoms with van der Waals surface area (Å²) in [5.74, 6) is 0.419. The third-order valence-electron chi connectivity index (χ3n) is 4.64. The molecule has 4 aromatic rings. The van der Waals surface area contributed by atoms with Crippen molar-refractivity contribution in [3.05, 3.63) is 71.1 Å². The molecule has 0 saturated carbocycles. The van der Waals surface area contributed by atoms with Crippen LogP contribution in [0.4, 0.5) is 22.0 Å². The molecular formula is C21H19ClN6O. The Kier molecular flexibility index (Phi) is 4.82. The summed E-state index contributed by atoms with van der Waals surface area (Å²) in [6.07, 6.45) is 3.34. The fraction of sp³-hybridized carbons (Fsp3) is 0.0952. The van der Waals surface area contributed by atoms with Gasteiger partial charge in [0.25, 0.3) is 0 Å². The monoisotopic (exact) mass is 406 g/mol. The van der Waals surface area contributed by atoms with Crippen LogP contribution in [0.5, 0.6) is 0 Å². The molecule has 7 nitrogen and oxygen atoms in total. The lowest BCUT2D eigenvalue weighted by Gasteiger charge is -2.10. The molecule has 0 aliphatic heterocycles. The first-order chi connectivity index (χ1) is 13.9. The summed E-state index contributed by atoms with van der Waals surface area (Å²) in [6, 6.07) is 12.5. The Balaban J connectivity index is 1.53. The van der Waals surface area contributed by atoms with E-state index in [4.69, 9.17) is 17.3 Å². The number of nitrogens with one attached hydrogen (secondary N) is 2. The van der Waals surface area contributed by atoms with Gasteiger partial charge in [-0.05, 0) is 60.9 Å². The molecule has 0 atom stereocenters. The molecule has 2 aromatic carbocycles. The zero-order valence-corrected chi connectivity index (χ0v) is 16.7. The number of hydrogen-bond donors (Lipinski definition) is 3. The molecule has 8 heteroatoms. The summed E-state index contributed by atoms with van der Waals surface area (Å²) >= 11 is 6.02. The lowest BCUT2D eigenvalue weighted by molar-refractivity contribution is 0.262. The maximum Gasteiger partial charge on any atom is 0.323 e. The fourth-order valence-corrected chi connectivity index (χ4v) is 3.37. The van der Waals surface area contributed by atoms with Gasteiger partial charge in [-0.3, -0.25) is 0 Å². The molecule has 0 spiro atoms. The molecule has 0 aliphatic carbocycles. The lowest BCUT2D eigenvalue weighted by Crippen LogP contribution is -2.19. The van der Waals surface area contributed by atoms with Crippen LogP contribution in [0.25, 0.3) is 16.6 Å². The number of carbonyl (C=O) groups excluding carboxylic acids is 1. The number of nitrogens with zero attached hydrogens (tertiary/aromatic N) is 3. The number of carbonyl (C=O) groups is 1. The molecule has 2 amide bonds. The maximum absolute atomic E-state index is 12.3. The predicted octanol–water partition coefficient (Wildman–Crippen LogP) is 4.89. The van der Waals surface area contributed by atoms with Crippen molar-refractivity contribution in [2.45, 2.75) is 13.8 Å². The minimum atomic E-state index is -0.331. The topological polar surface area (TPSA) is 97.3 Å². The number of aryl methyl sites for hydroxylation is 2.